The van der Waals surface area contributed by atoms with E-state index in [0.717, 1.165) is 12.0 Å². The Morgan fingerprint density at radius 3 is 2.32 bits per heavy atom. The van der Waals surface area contributed by atoms with Gasteiger partial charge in [-0.3, -0.25) is 4.79 Å². The van der Waals surface area contributed by atoms with E-state index in [9.17, 15) is 9.90 Å². The van der Waals surface area contributed by atoms with E-state index in [2.05, 4.69) is 0 Å². The summed E-state index contributed by atoms with van der Waals surface area (Å²) in [7, 11) is 0. The van der Waals surface area contributed by atoms with E-state index < -0.39 is 5.60 Å². The largest absolute Gasteiger partial charge is 0.389 e. The molecule has 0 radical (unpaired) electrons. The van der Waals surface area contributed by atoms with Crippen LogP contribution in [0.4, 0.5) is 0 Å². The predicted molar refractivity (Wildman–Crippen MR) is 77.1 cm³/mol. The van der Waals surface area contributed by atoms with Gasteiger partial charge in [-0.2, -0.15) is 0 Å². The quantitative estimate of drug-likeness (QED) is 0.816. The molecular weight excluding hydrogens is 240 g/mol. The molecular formula is C15H24N2O2. The van der Waals surface area contributed by atoms with Crippen molar-refractivity contribution < 1.29 is 9.90 Å². The molecule has 4 heteroatoms. The minimum absolute atomic E-state index is 0.0519. The van der Waals surface area contributed by atoms with Crippen LogP contribution in [0.15, 0.2) is 24.3 Å². The first-order valence-corrected chi connectivity index (χ1v) is 6.68. The number of benzene rings is 1. The van der Waals surface area contributed by atoms with Crippen molar-refractivity contribution in [1.29, 1.82) is 0 Å². The highest BCUT2D eigenvalue weighted by Gasteiger charge is 2.22. The maximum Gasteiger partial charge on any atom is 0.253 e. The van der Waals surface area contributed by atoms with Crippen molar-refractivity contribution in [3.8, 4) is 0 Å². The maximum absolute atomic E-state index is 12.3. The van der Waals surface area contributed by atoms with Gasteiger partial charge in [-0.15, -0.1) is 0 Å². The van der Waals surface area contributed by atoms with Gasteiger partial charge in [0.15, 0.2) is 0 Å². The van der Waals surface area contributed by atoms with Gasteiger partial charge in [0.2, 0.25) is 0 Å². The predicted octanol–water partition coefficient (Wildman–Crippen LogP) is 1.42. The lowest BCUT2D eigenvalue weighted by Gasteiger charge is -2.28. The first kappa shape index (κ1) is 15.7. The van der Waals surface area contributed by atoms with Crippen molar-refractivity contribution in [2.45, 2.75) is 32.8 Å². The molecule has 1 rings (SSSR count). The number of hydrogen-bond donors (Lipinski definition) is 2. The average Bonchev–Trinajstić information content (AvgIpc) is 2.35. The summed E-state index contributed by atoms with van der Waals surface area (Å²) in [5, 5.41) is 9.82. The molecule has 106 valence electrons. The molecule has 0 fully saturated rings. The SMILES string of the molecule is CCN(CC(C)(C)O)C(=O)c1ccc(CCN)cc1. The van der Waals surface area contributed by atoms with Crippen LogP contribution in [0.1, 0.15) is 36.7 Å². The normalized spacial score (nSPS) is 11.4. The minimum Gasteiger partial charge on any atom is -0.389 e. The number of nitrogens with zero attached hydrogens (tertiary/aromatic N) is 1. The number of rotatable bonds is 6. The van der Waals surface area contributed by atoms with Gasteiger partial charge in [0.25, 0.3) is 5.91 Å². The van der Waals surface area contributed by atoms with Crippen molar-refractivity contribution in [3.63, 3.8) is 0 Å². The maximum atomic E-state index is 12.3. The lowest BCUT2D eigenvalue weighted by molar-refractivity contribution is 0.0314. The van der Waals surface area contributed by atoms with E-state index in [0.29, 0.717) is 25.2 Å². The van der Waals surface area contributed by atoms with E-state index in [1.54, 1.807) is 18.7 Å². The summed E-state index contributed by atoms with van der Waals surface area (Å²) >= 11 is 0. The zero-order chi connectivity index (χ0) is 14.5. The van der Waals surface area contributed by atoms with Gasteiger partial charge in [0, 0.05) is 18.7 Å². The summed E-state index contributed by atoms with van der Waals surface area (Å²) < 4.78 is 0. The van der Waals surface area contributed by atoms with E-state index in [4.69, 9.17) is 5.73 Å². The summed E-state index contributed by atoms with van der Waals surface area (Å²) in [6, 6.07) is 7.50. The molecule has 0 heterocycles. The fourth-order valence-electron chi connectivity index (χ4n) is 1.96. The van der Waals surface area contributed by atoms with Crippen molar-refractivity contribution in [1.82, 2.24) is 4.90 Å². The first-order valence-electron chi connectivity index (χ1n) is 6.68. The molecule has 0 aliphatic heterocycles. The molecule has 0 aliphatic carbocycles. The third-order valence-electron chi connectivity index (χ3n) is 2.88. The molecule has 0 aliphatic rings. The summed E-state index contributed by atoms with van der Waals surface area (Å²) in [5.74, 6) is -0.0519. The molecule has 0 saturated carbocycles. The van der Waals surface area contributed by atoms with Crippen molar-refractivity contribution in [2.24, 2.45) is 5.73 Å². The van der Waals surface area contributed by atoms with E-state index in [1.165, 1.54) is 0 Å². The van der Waals surface area contributed by atoms with Crippen LogP contribution < -0.4 is 5.73 Å². The third-order valence-corrected chi connectivity index (χ3v) is 2.88. The van der Waals surface area contributed by atoms with E-state index in [-0.39, 0.29) is 5.91 Å². The van der Waals surface area contributed by atoms with Crippen LogP contribution in [0.2, 0.25) is 0 Å². The molecule has 0 atom stereocenters. The Morgan fingerprint density at radius 1 is 1.32 bits per heavy atom. The Labute approximate surface area is 115 Å². The summed E-state index contributed by atoms with van der Waals surface area (Å²) in [6.45, 7) is 6.82. The molecule has 1 aromatic rings. The van der Waals surface area contributed by atoms with Crippen LogP contribution in [0.25, 0.3) is 0 Å². The monoisotopic (exact) mass is 264 g/mol. The zero-order valence-electron chi connectivity index (χ0n) is 12.0. The van der Waals surface area contributed by atoms with Crippen molar-refractivity contribution in [3.05, 3.63) is 35.4 Å². The second-order valence-corrected chi connectivity index (χ2v) is 5.37. The van der Waals surface area contributed by atoms with Gasteiger partial charge in [-0.25, -0.2) is 0 Å². The van der Waals surface area contributed by atoms with E-state index in [1.807, 2.05) is 31.2 Å². The molecule has 3 N–H and O–H groups in total. The summed E-state index contributed by atoms with van der Waals surface area (Å²) in [6.07, 6.45) is 0.815. The molecule has 0 saturated heterocycles. The molecule has 1 aromatic carbocycles. The molecule has 1 amide bonds. The first-order chi connectivity index (χ1) is 8.87. The second kappa shape index (κ2) is 6.68. The Morgan fingerprint density at radius 2 is 1.89 bits per heavy atom. The van der Waals surface area contributed by atoms with Gasteiger partial charge in [-0.1, -0.05) is 12.1 Å². The lowest BCUT2D eigenvalue weighted by atomic mass is 10.1. The van der Waals surface area contributed by atoms with Crippen LogP contribution in [0.3, 0.4) is 0 Å². The molecule has 0 unspecified atom stereocenters. The molecule has 0 aromatic heterocycles. The number of carbonyl (C=O) groups excluding carboxylic acids is 1. The molecule has 0 spiro atoms. The van der Waals surface area contributed by atoms with Crippen LogP contribution in [0, 0.1) is 0 Å². The van der Waals surface area contributed by atoms with Gasteiger partial charge < -0.3 is 15.7 Å². The topological polar surface area (TPSA) is 66.6 Å². The Kier molecular flexibility index (Phi) is 5.51. The Bertz CT molecular complexity index is 407. The van der Waals surface area contributed by atoms with Crippen LogP contribution in [-0.2, 0) is 6.42 Å². The molecule has 4 nitrogen and oxygen atoms in total. The Hall–Kier alpha value is -1.39. The van der Waals surface area contributed by atoms with Gasteiger partial charge in [0.1, 0.15) is 0 Å². The fourth-order valence-corrected chi connectivity index (χ4v) is 1.96. The number of aliphatic hydroxyl groups is 1. The smallest absolute Gasteiger partial charge is 0.253 e. The standard InChI is InChI=1S/C15H24N2O2/c1-4-17(11-15(2,3)19)14(18)13-7-5-12(6-8-13)9-10-16/h5-8,19H,4,9-11,16H2,1-3H3. The van der Waals surface area contributed by atoms with Crippen LogP contribution in [-0.4, -0.2) is 41.1 Å². The van der Waals surface area contributed by atoms with Gasteiger partial charge in [0.05, 0.1) is 5.60 Å². The number of hydrogen-bond acceptors (Lipinski definition) is 3. The summed E-state index contributed by atoms with van der Waals surface area (Å²) in [4.78, 5) is 14.0. The summed E-state index contributed by atoms with van der Waals surface area (Å²) in [5.41, 5.74) is 6.39. The second-order valence-electron chi connectivity index (χ2n) is 5.37. The van der Waals surface area contributed by atoms with Crippen LogP contribution in [0.5, 0.6) is 0 Å². The highest BCUT2D eigenvalue weighted by atomic mass is 16.3. The third kappa shape index (κ3) is 5.01. The van der Waals surface area contributed by atoms with Gasteiger partial charge in [-0.05, 0) is 51.4 Å². The van der Waals surface area contributed by atoms with Gasteiger partial charge >= 0.3 is 0 Å². The van der Waals surface area contributed by atoms with Crippen molar-refractivity contribution >= 4 is 5.91 Å². The number of nitrogens with two attached hydrogens (primary N) is 1. The highest BCUT2D eigenvalue weighted by molar-refractivity contribution is 5.94. The average molecular weight is 264 g/mol. The fraction of sp³-hybridized carbons (Fsp3) is 0.533. The molecule has 19 heavy (non-hydrogen) atoms. The molecule has 0 bridgehead atoms. The highest BCUT2D eigenvalue weighted by Crippen LogP contribution is 2.11. The zero-order valence-corrected chi connectivity index (χ0v) is 12.0. The van der Waals surface area contributed by atoms with E-state index >= 15 is 0 Å². The Balaban J connectivity index is 2.79. The number of likely N-dealkylation sites (N-methyl/N-ethyl adjacent to an activating group) is 1. The number of amides is 1. The minimum atomic E-state index is -0.884. The van der Waals surface area contributed by atoms with Crippen molar-refractivity contribution in [2.75, 3.05) is 19.6 Å². The number of carbonyl (C=O) groups is 1. The van der Waals surface area contributed by atoms with Crippen LogP contribution >= 0.6 is 0 Å². The lowest BCUT2D eigenvalue weighted by Crippen LogP contribution is -2.42.